The third-order valence-electron chi connectivity index (χ3n) is 1.74. The average Bonchev–Trinajstić information content (AvgIpc) is 2.19. The fraction of sp³-hybridized carbons (Fsp3) is 0.182. The first-order chi connectivity index (χ1) is 7.45. The van der Waals surface area contributed by atoms with Crippen LogP contribution in [0, 0.1) is 23.2 Å². The molecule has 1 aromatic carbocycles. The third kappa shape index (κ3) is 2.93. The predicted molar refractivity (Wildman–Crippen MR) is 53.0 cm³/mol. The maximum Gasteiger partial charge on any atom is 0.417 e. The Hall–Kier alpha value is -2.14. The molecule has 0 fully saturated rings. The van der Waals surface area contributed by atoms with Crippen LogP contribution in [0.15, 0.2) is 18.2 Å². The number of hydrogen-bond donors (Lipinski definition) is 1. The highest BCUT2D eigenvalue weighted by atomic mass is 19.4. The summed E-state index contributed by atoms with van der Waals surface area (Å²) < 4.78 is 37.6. The molecule has 0 aliphatic rings. The second kappa shape index (κ2) is 4.59. The molecule has 0 radical (unpaired) electrons. The molecule has 0 saturated heterocycles. The Kier molecular flexibility index (Phi) is 3.42. The zero-order chi connectivity index (χ0) is 12.2. The predicted octanol–water partition coefficient (Wildman–Crippen LogP) is 2.55. The molecular formula is C11H7F3N2. The molecule has 0 heterocycles. The van der Waals surface area contributed by atoms with Crippen molar-refractivity contribution in [2.24, 2.45) is 0 Å². The van der Waals surface area contributed by atoms with Gasteiger partial charge in [0.2, 0.25) is 0 Å². The van der Waals surface area contributed by atoms with Crippen LogP contribution in [0.5, 0.6) is 0 Å². The first-order valence-electron chi connectivity index (χ1n) is 4.27. The number of nitrogens with two attached hydrogens (primary N) is 1. The SMILES string of the molecule is N#CCC#Cc1ccc(N)cc1C(F)(F)F. The molecule has 0 atom stereocenters. The minimum absolute atomic E-state index is 0.0261. The molecule has 0 aliphatic carbocycles. The minimum atomic E-state index is -4.49. The Morgan fingerprint density at radius 1 is 1.31 bits per heavy atom. The number of nitrogen functional groups attached to an aromatic ring is 1. The Bertz CT molecular complexity index is 487. The number of halogens is 3. The van der Waals surface area contributed by atoms with Crippen LogP contribution < -0.4 is 5.73 Å². The summed E-state index contributed by atoms with van der Waals surface area (Å²) in [4.78, 5) is 0. The van der Waals surface area contributed by atoms with Gasteiger partial charge in [-0.3, -0.25) is 0 Å². The van der Waals surface area contributed by atoms with Gasteiger partial charge in [0.25, 0.3) is 0 Å². The van der Waals surface area contributed by atoms with Gasteiger partial charge in [-0.1, -0.05) is 11.8 Å². The lowest BCUT2D eigenvalue weighted by Crippen LogP contribution is -2.08. The van der Waals surface area contributed by atoms with Crippen LogP contribution in [-0.2, 0) is 6.18 Å². The Morgan fingerprint density at radius 3 is 2.56 bits per heavy atom. The first kappa shape index (κ1) is 11.9. The third-order valence-corrected chi connectivity index (χ3v) is 1.74. The summed E-state index contributed by atoms with van der Waals surface area (Å²) in [5.74, 6) is 4.63. The minimum Gasteiger partial charge on any atom is -0.399 e. The molecule has 0 bridgehead atoms. The molecule has 0 amide bonds. The van der Waals surface area contributed by atoms with Crippen molar-refractivity contribution < 1.29 is 13.2 Å². The summed E-state index contributed by atoms with van der Waals surface area (Å²) in [6.45, 7) is 0. The summed E-state index contributed by atoms with van der Waals surface area (Å²) in [6, 6.07) is 5.09. The zero-order valence-electron chi connectivity index (χ0n) is 8.10. The van der Waals surface area contributed by atoms with Gasteiger partial charge in [-0.15, -0.1) is 0 Å². The lowest BCUT2D eigenvalue weighted by Gasteiger charge is -2.09. The topological polar surface area (TPSA) is 49.8 Å². The molecule has 0 unspecified atom stereocenters. The van der Waals surface area contributed by atoms with Crippen LogP contribution in [0.2, 0.25) is 0 Å². The van der Waals surface area contributed by atoms with E-state index in [1.54, 1.807) is 6.07 Å². The molecule has 0 spiro atoms. The van der Waals surface area contributed by atoms with Gasteiger partial charge in [0, 0.05) is 11.3 Å². The van der Waals surface area contributed by atoms with E-state index in [0.717, 1.165) is 6.07 Å². The summed E-state index contributed by atoms with van der Waals surface area (Å²) in [5.41, 5.74) is 4.26. The van der Waals surface area contributed by atoms with E-state index in [-0.39, 0.29) is 17.7 Å². The van der Waals surface area contributed by atoms with E-state index in [2.05, 4.69) is 11.8 Å². The van der Waals surface area contributed by atoms with Crippen molar-refractivity contribution in [3.8, 4) is 17.9 Å². The summed E-state index contributed by atoms with van der Waals surface area (Å²) in [5, 5.41) is 8.22. The number of nitrogens with zero attached hydrogens (tertiary/aromatic N) is 1. The Morgan fingerprint density at radius 2 is 2.00 bits per heavy atom. The highest BCUT2D eigenvalue weighted by Crippen LogP contribution is 2.32. The summed E-state index contributed by atoms with van der Waals surface area (Å²) in [6.07, 6.45) is -4.60. The quantitative estimate of drug-likeness (QED) is 0.543. The van der Waals surface area contributed by atoms with Gasteiger partial charge in [0.05, 0.1) is 18.1 Å². The van der Waals surface area contributed by atoms with Gasteiger partial charge in [0.1, 0.15) is 0 Å². The van der Waals surface area contributed by atoms with E-state index in [9.17, 15) is 13.2 Å². The Labute approximate surface area is 90.5 Å². The molecule has 82 valence electrons. The van der Waals surface area contributed by atoms with Crippen LogP contribution in [0.3, 0.4) is 0 Å². The van der Waals surface area contributed by atoms with Crippen LogP contribution in [0.1, 0.15) is 17.5 Å². The zero-order valence-corrected chi connectivity index (χ0v) is 8.10. The second-order valence-electron chi connectivity index (χ2n) is 2.94. The maximum atomic E-state index is 12.5. The number of rotatable bonds is 0. The maximum absolute atomic E-state index is 12.5. The van der Waals surface area contributed by atoms with Crippen LogP contribution in [0.25, 0.3) is 0 Å². The van der Waals surface area contributed by atoms with Crippen molar-refractivity contribution in [1.82, 2.24) is 0 Å². The molecule has 1 rings (SSSR count). The van der Waals surface area contributed by atoms with Crippen molar-refractivity contribution in [1.29, 1.82) is 5.26 Å². The van der Waals surface area contributed by atoms with Gasteiger partial charge in [-0.05, 0) is 18.2 Å². The molecule has 1 aromatic rings. The molecule has 16 heavy (non-hydrogen) atoms. The highest BCUT2D eigenvalue weighted by Gasteiger charge is 2.33. The second-order valence-corrected chi connectivity index (χ2v) is 2.94. The van der Waals surface area contributed by atoms with Crippen molar-refractivity contribution in [2.75, 3.05) is 5.73 Å². The summed E-state index contributed by atoms with van der Waals surface area (Å²) in [7, 11) is 0. The molecule has 2 N–H and O–H groups in total. The number of nitriles is 1. The fourth-order valence-corrected chi connectivity index (χ4v) is 1.08. The largest absolute Gasteiger partial charge is 0.417 e. The van der Waals surface area contributed by atoms with Gasteiger partial charge >= 0.3 is 6.18 Å². The standard InChI is InChI=1S/C11H7F3N2/c12-11(13,14)10-7-9(16)5-4-8(10)3-1-2-6-15/h4-5,7H,2,16H2. The fourth-order valence-electron chi connectivity index (χ4n) is 1.08. The van der Waals surface area contributed by atoms with Crippen molar-refractivity contribution in [3.05, 3.63) is 29.3 Å². The van der Waals surface area contributed by atoms with E-state index in [4.69, 9.17) is 11.0 Å². The molecule has 0 saturated carbocycles. The van der Waals surface area contributed by atoms with Crippen molar-refractivity contribution >= 4 is 5.69 Å². The lowest BCUT2D eigenvalue weighted by molar-refractivity contribution is -0.137. The van der Waals surface area contributed by atoms with Gasteiger partial charge in [-0.2, -0.15) is 18.4 Å². The van der Waals surface area contributed by atoms with E-state index >= 15 is 0 Å². The number of benzene rings is 1. The monoisotopic (exact) mass is 224 g/mol. The first-order valence-corrected chi connectivity index (χ1v) is 4.27. The van der Waals surface area contributed by atoms with E-state index in [1.165, 1.54) is 12.1 Å². The number of anilines is 1. The van der Waals surface area contributed by atoms with Gasteiger partial charge in [-0.25, -0.2) is 0 Å². The molecular weight excluding hydrogens is 217 g/mol. The highest BCUT2D eigenvalue weighted by molar-refractivity contribution is 5.51. The molecule has 0 aromatic heterocycles. The molecule has 5 heteroatoms. The van der Waals surface area contributed by atoms with Crippen molar-refractivity contribution in [3.63, 3.8) is 0 Å². The number of alkyl halides is 3. The smallest absolute Gasteiger partial charge is 0.399 e. The lowest BCUT2D eigenvalue weighted by atomic mass is 10.1. The van der Waals surface area contributed by atoms with Gasteiger partial charge < -0.3 is 5.73 Å². The van der Waals surface area contributed by atoms with Crippen LogP contribution in [-0.4, -0.2) is 0 Å². The number of hydrogen-bond acceptors (Lipinski definition) is 2. The van der Waals surface area contributed by atoms with Crippen LogP contribution in [0.4, 0.5) is 18.9 Å². The Balaban J connectivity index is 3.21. The van der Waals surface area contributed by atoms with Crippen molar-refractivity contribution in [2.45, 2.75) is 12.6 Å². The molecule has 2 nitrogen and oxygen atoms in total. The average molecular weight is 224 g/mol. The van der Waals surface area contributed by atoms with Crippen LogP contribution >= 0.6 is 0 Å². The van der Waals surface area contributed by atoms with Gasteiger partial charge in [0.15, 0.2) is 0 Å². The van der Waals surface area contributed by atoms with E-state index < -0.39 is 11.7 Å². The normalized spacial score (nSPS) is 10.1. The van der Waals surface area contributed by atoms with E-state index in [0.29, 0.717) is 0 Å². The summed E-state index contributed by atoms with van der Waals surface area (Å²) >= 11 is 0. The van der Waals surface area contributed by atoms with E-state index in [1.807, 2.05) is 0 Å². The molecule has 0 aliphatic heterocycles.